The molecule has 1 aliphatic heterocycles. The number of benzene rings is 1. The van der Waals surface area contributed by atoms with Crippen LogP contribution >= 0.6 is 0 Å². The summed E-state index contributed by atoms with van der Waals surface area (Å²) >= 11 is 0. The number of imidazole rings is 1. The number of nitrogens with one attached hydrogen (secondary N) is 1. The van der Waals surface area contributed by atoms with Crippen LogP contribution < -0.4 is 14.8 Å². The fraction of sp³-hybridized carbons (Fsp3) is 0.450. The average molecular weight is 401 g/mol. The van der Waals surface area contributed by atoms with Gasteiger partial charge in [0.2, 0.25) is 0 Å². The predicted octanol–water partition coefficient (Wildman–Crippen LogP) is 3.68. The second kappa shape index (κ2) is 8.60. The van der Waals surface area contributed by atoms with Crippen LogP contribution in [0.5, 0.6) is 11.5 Å². The molecule has 0 bridgehead atoms. The van der Waals surface area contributed by atoms with E-state index in [2.05, 4.69) is 20.3 Å². The molecule has 0 amide bonds. The van der Waals surface area contributed by atoms with E-state index in [0.29, 0.717) is 41.6 Å². The second-order valence-electron chi connectivity index (χ2n) is 6.91. The van der Waals surface area contributed by atoms with E-state index in [0.717, 1.165) is 31.2 Å². The van der Waals surface area contributed by atoms with Gasteiger partial charge in [-0.15, -0.1) is 0 Å². The summed E-state index contributed by atoms with van der Waals surface area (Å²) in [6, 6.07) is 5.55. The molecule has 1 fully saturated rings. The lowest BCUT2D eigenvalue weighted by Gasteiger charge is -2.17. The molecule has 0 radical (unpaired) electrons. The van der Waals surface area contributed by atoms with Gasteiger partial charge in [-0.25, -0.2) is 4.98 Å². The summed E-state index contributed by atoms with van der Waals surface area (Å²) in [6.07, 6.45) is 4.72. The normalized spacial score (nSPS) is 17.1. The Morgan fingerprint density at radius 3 is 2.69 bits per heavy atom. The van der Waals surface area contributed by atoms with Crippen molar-refractivity contribution in [3.8, 4) is 11.5 Å². The zero-order valence-corrected chi connectivity index (χ0v) is 16.5. The summed E-state index contributed by atoms with van der Waals surface area (Å²) in [5.74, 6) is 1.69. The number of rotatable bonds is 6. The van der Waals surface area contributed by atoms with Crippen molar-refractivity contribution in [2.24, 2.45) is 0 Å². The van der Waals surface area contributed by atoms with E-state index in [1.54, 1.807) is 31.2 Å². The fourth-order valence-corrected chi connectivity index (χ4v) is 3.50. The van der Waals surface area contributed by atoms with Gasteiger partial charge < -0.3 is 19.5 Å². The van der Waals surface area contributed by atoms with Crippen LogP contribution in [0.15, 0.2) is 24.5 Å². The molecule has 0 aliphatic carbocycles. The lowest BCUT2D eigenvalue weighted by Crippen LogP contribution is -2.12. The highest BCUT2D eigenvalue weighted by Crippen LogP contribution is 2.28. The quantitative estimate of drug-likeness (QED) is 0.631. The Balaban J connectivity index is 1.61. The van der Waals surface area contributed by atoms with Crippen LogP contribution in [-0.2, 0) is 11.3 Å². The van der Waals surface area contributed by atoms with E-state index in [4.69, 9.17) is 14.2 Å². The Labute approximate surface area is 168 Å². The standard InChI is InChI=1S/C20H24FN5O3/c1-27-14-8-13(9-15(10-14)28-2)11-22-18-17-19(25-20(21)24-18)26(12-23-17)16-6-4-3-5-7-29-16/h8-10,12,16H,3-7,11H2,1-2H3,(H,22,24,25). The van der Waals surface area contributed by atoms with Crippen LogP contribution in [0.1, 0.15) is 37.5 Å². The Hall–Kier alpha value is -2.94. The van der Waals surface area contributed by atoms with Crippen molar-refractivity contribution >= 4 is 17.0 Å². The van der Waals surface area contributed by atoms with Crippen molar-refractivity contribution in [1.29, 1.82) is 0 Å². The molecule has 154 valence electrons. The van der Waals surface area contributed by atoms with E-state index >= 15 is 0 Å². The minimum absolute atomic E-state index is 0.188. The molecule has 1 aliphatic rings. The van der Waals surface area contributed by atoms with E-state index in [1.165, 1.54) is 0 Å². The van der Waals surface area contributed by atoms with E-state index in [9.17, 15) is 4.39 Å². The van der Waals surface area contributed by atoms with Gasteiger partial charge in [-0.05, 0) is 37.0 Å². The van der Waals surface area contributed by atoms with E-state index in [1.807, 2.05) is 12.1 Å². The topological polar surface area (TPSA) is 83.3 Å². The molecule has 4 rings (SSSR count). The fourth-order valence-electron chi connectivity index (χ4n) is 3.50. The van der Waals surface area contributed by atoms with Crippen molar-refractivity contribution in [3.05, 3.63) is 36.2 Å². The first kappa shape index (κ1) is 19.4. The molecule has 0 spiro atoms. The third-order valence-corrected chi connectivity index (χ3v) is 4.98. The van der Waals surface area contributed by atoms with Crippen molar-refractivity contribution < 1.29 is 18.6 Å². The Bertz CT molecular complexity index is 963. The molecule has 9 heteroatoms. The van der Waals surface area contributed by atoms with Crippen LogP contribution in [-0.4, -0.2) is 40.3 Å². The highest BCUT2D eigenvalue weighted by atomic mass is 19.1. The molecule has 1 atom stereocenters. The molecule has 3 heterocycles. The van der Waals surface area contributed by atoms with Crippen molar-refractivity contribution in [2.75, 3.05) is 26.1 Å². The van der Waals surface area contributed by atoms with Gasteiger partial charge in [0.25, 0.3) is 0 Å². The van der Waals surface area contributed by atoms with Gasteiger partial charge in [-0.1, -0.05) is 6.42 Å². The van der Waals surface area contributed by atoms with Crippen LogP contribution in [0.4, 0.5) is 10.2 Å². The second-order valence-corrected chi connectivity index (χ2v) is 6.91. The Kier molecular flexibility index (Phi) is 5.75. The zero-order chi connectivity index (χ0) is 20.2. The summed E-state index contributed by atoms with van der Waals surface area (Å²) in [7, 11) is 3.19. The smallest absolute Gasteiger partial charge is 0.312 e. The monoisotopic (exact) mass is 401 g/mol. The summed E-state index contributed by atoms with van der Waals surface area (Å²) < 4.78 is 32.5. The first-order valence-electron chi connectivity index (χ1n) is 9.65. The molecule has 1 saturated heterocycles. The predicted molar refractivity (Wildman–Crippen MR) is 106 cm³/mol. The Morgan fingerprint density at radius 2 is 1.93 bits per heavy atom. The van der Waals surface area contributed by atoms with Crippen molar-refractivity contribution in [1.82, 2.24) is 19.5 Å². The Morgan fingerprint density at radius 1 is 1.14 bits per heavy atom. The number of anilines is 1. The van der Waals surface area contributed by atoms with Gasteiger partial charge in [-0.3, -0.25) is 4.57 Å². The highest BCUT2D eigenvalue weighted by molar-refractivity contribution is 5.82. The molecular weight excluding hydrogens is 377 g/mol. The lowest BCUT2D eigenvalue weighted by atomic mass is 10.2. The summed E-state index contributed by atoms with van der Waals surface area (Å²) in [5.41, 5.74) is 1.84. The molecule has 0 saturated carbocycles. The van der Waals surface area contributed by atoms with Crippen LogP contribution in [0.25, 0.3) is 11.2 Å². The number of aromatic nitrogens is 4. The van der Waals surface area contributed by atoms with E-state index in [-0.39, 0.29) is 6.23 Å². The first-order chi connectivity index (χ1) is 14.2. The molecule has 1 unspecified atom stereocenters. The maximum Gasteiger partial charge on any atom is 0.312 e. The molecule has 1 aromatic carbocycles. The van der Waals surface area contributed by atoms with Gasteiger partial charge in [0.05, 0.1) is 20.5 Å². The molecule has 1 N–H and O–H groups in total. The maximum absolute atomic E-state index is 14.2. The minimum Gasteiger partial charge on any atom is -0.497 e. The van der Waals surface area contributed by atoms with Crippen LogP contribution in [0, 0.1) is 6.08 Å². The number of hydrogen-bond donors (Lipinski definition) is 1. The average Bonchev–Trinajstić information content (AvgIpc) is 2.97. The third-order valence-electron chi connectivity index (χ3n) is 4.98. The SMILES string of the molecule is COc1cc(CNc2nc(F)nc3c2ncn3C2CCCCCO2)cc(OC)c1. The molecule has 2 aromatic heterocycles. The van der Waals surface area contributed by atoms with Gasteiger partial charge >= 0.3 is 6.08 Å². The van der Waals surface area contributed by atoms with Gasteiger partial charge in [0.15, 0.2) is 17.0 Å². The number of methoxy groups -OCH3 is 2. The number of fused-ring (bicyclic) bond motifs is 1. The number of ether oxygens (including phenoxy) is 3. The lowest BCUT2D eigenvalue weighted by molar-refractivity contribution is 0.00928. The number of halogens is 1. The summed E-state index contributed by atoms with van der Waals surface area (Å²) in [4.78, 5) is 12.3. The molecule has 29 heavy (non-hydrogen) atoms. The molecule has 3 aromatic rings. The van der Waals surface area contributed by atoms with Crippen LogP contribution in [0.2, 0.25) is 0 Å². The highest BCUT2D eigenvalue weighted by Gasteiger charge is 2.20. The zero-order valence-electron chi connectivity index (χ0n) is 16.5. The molecular formula is C20H24FN5O3. The van der Waals surface area contributed by atoms with Gasteiger partial charge in [-0.2, -0.15) is 14.4 Å². The third kappa shape index (κ3) is 4.24. The summed E-state index contributed by atoms with van der Waals surface area (Å²) in [6.45, 7) is 1.08. The van der Waals surface area contributed by atoms with Crippen LogP contribution in [0.3, 0.4) is 0 Å². The largest absolute Gasteiger partial charge is 0.497 e. The van der Waals surface area contributed by atoms with E-state index < -0.39 is 6.08 Å². The number of nitrogens with zero attached hydrogens (tertiary/aromatic N) is 4. The van der Waals surface area contributed by atoms with Crippen molar-refractivity contribution in [3.63, 3.8) is 0 Å². The minimum atomic E-state index is -0.807. The first-order valence-corrected chi connectivity index (χ1v) is 9.65. The number of hydrogen-bond acceptors (Lipinski definition) is 7. The molecule has 8 nitrogen and oxygen atoms in total. The van der Waals surface area contributed by atoms with Gasteiger partial charge in [0.1, 0.15) is 17.7 Å². The van der Waals surface area contributed by atoms with Crippen molar-refractivity contribution in [2.45, 2.75) is 38.5 Å². The maximum atomic E-state index is 14.2. The van der Waals surface area contributed by atoms with Gasteiger partial charge in [0, 0.05) is 19.2 Å². The summed E-state index contributed by atoms with van der Waals surface area (Å²) in [5, 5.41) is 3.16.